The first-order chi connectivity index (χ1) is 11.8. The molecule has 0 fully saturated rings. The molecule has 1 aromatic heterocycles. The second-order valence-corrected chi connectivity index (χ2v) is 5.85. The van der Waals surface area contributed by atoms with Crippen LogP contribution in [-0.4, -0.2) is 38.8 Å². The van der Waals surface area contributed by atoms with Crippen molar-refractivity contribution in [1.29, 1.82) is 0 Å². The van der Waals surface area contributed by atoms with Crippen LogP contribution in [-0.2, 0) is 24.1 Å². The maximum atomic E-state index is 12.6. The molecule has 25 heavy (non-hydrogen) atoms. The van der Waals surface area contributed by atoms with Crippen LogP contribution in [0.4, 0.5) is 13.2 Å². The number of carboxylic acids is 1. The quantitative estimate of drug-likeness (QED) is 0.790. The third-order valence-electron chi connectivity index (χ3n) is 3.62. The van der Waals surface area contributed by atoms with Crippen LogP contribution in [0.25, 0.3) is 0 Å². The van der Waals surface area contributed by atoms with Gasteiger partial charge in [-0.3, -0.25) is 14.4 Å². The van der Waals surface area contributed by atoms with E-state index in [-0.39, 0.29) is 6.54 Å². The number of rotatable bonds is 8. The molecule has 0 atom stereocenters. The lowest BCUT2D eigenvalue weighted by Gasteiger charge is -2.18. The summed E-state index contributed by atoms with van der Waals surface area (Å²) in [7, 11) is 0. The Morgan fingerprint density at radius 1 is 1.24 bits per heavy atom. The highest BCUT2D eigenvalue weighted by Gasteiger charge is 2.29. The third kappa shape index (κ3) is 5.90. The number of alkyl halides is 3. The van der Waals surface area contributed by atoms with Gasteiger partial charge in [0.15, 0.2) is 0 Å². The van der Waals surface area contributed by atoms with Gasteiger partial charge >= 0.3 is 12.1 Å². The van der Waals surface area contributed by atoms with E-state index in [4.69, 9.17) is 5.11 Å². The van der Waals surface area contributed by atoms with Crippen molar-refractivity contribution in [3.8, 4) is 0 Å². The molecule has 1 heterocycles. The van der Waals surface area contributed by atoms with Gasteiger partial charge in [0.1, 0.15) is 0 Å². The predicted molar refractivity (Wildman–Crippen MR) is 86.0 cm³/mol. The number of aliphatic carboxylic acids is 1. The average molecular weight is 355 g/mol. The Bertz CT molecular complexity index is 696. The summed E-state index contributed by atoms with van der Waals surface area (Å²) in [6.45, 7) is 3.41. The first kappa shape index (κ1) is 19.0. The highest BCUT2D eigenvalue weighted by atomic mass is 19.4. The van der Waals surface area contributed by atoms with Crippen molar-refractivity contribution in [2.45, 2.75) is 32.6 Å². The lowest BCUT2D eigenvalue weighted by Crippen LogP contribution is -2.29. The van der Waals surface area contributed by atoms with E-state index in [1.807, 2.05) is 11.8 Å². The third-order valence-corrected chi connectivity index (χ3v) is 3.62. The zero-order chi connectivity index (χ0) is 18.4. The molecular formula is C17H20F3N3O2. The van der Waals surface area contributed by atoms with Crippen molar-refractivity contribution >= 4 is 5.97 Å². The van der Waals surface area contributed by atoms with Crippen LogP contribution in [0.5, 0.6) is 0 Å². The van der Waals surface area contributed by atoms with Gasteiger partial charge in [0.05, 0.1) is 24.8 Å². The largest absolute Gasteiger partial charge is 0.480 e. The number of halogens is 3. The monoisotopic (exact) mass is 355 g/mol. The highest BCUT2D eigenvalue weighted by molar-refractivity contribution is 5.69. The highest BCUT2D eigenvalue weighted by Crippen LogP contribution is 2.29. The molecule has 0 unspecified atom stereocenters. The molecule has 0 aliphatic rings. The molecule has 0 saturated heterocycles. The Kier molecular flexibility index (Phi) is 6.19. The van der Waals surface area contributed by atoms with Crippen LogP contribution in [0.1, 0.15) is 30.0 Å². The normalized spacial score (nSPS) is 11.9. The van der Waals surface area contributed by atoms with Gasteiger partial charge in [0, 0.05) is 18.3 Å². The van der Waals surface area contributed by atoms with E-state index in [1.165, 1.54) is 12.1 Å². The summed E-state index contributed by atoms with van der Waals surface area (Å²) in [4.78, 5) is 12.7. The summed E-state index contributed by atoms with van der Waals surface area (Å²) < 4.78 is 39.3. The van der Waals surface area contributed by atoms with Gasteiger partial charge in [-0.2, -0.15) is 18.3 Å². The number of nitrogens with zero attached hydrogens (tertiary/aromatic N) is 3. The standard InChI is InChI=1S/C17H20F3N3O2/c1-2-7-22(12-16(24)25)9-14-8-21-23(11-14)10-13-3-5-15(6-4-13)17(18,19)20/h3-6,8,11H,2,7,9-10,12H2,1H3,(H,24,25). The SMILES string of the molecule is CCCN(CC(=O)O)Cc1cnn(Cc2ccc(C(F)(F)F)cc2)c1. The zero-order valence-corrected chi connectivity index (χ0v) is 13.8. The van der Waals surface area contributed by atoms with Gasteiger partial charge in [-0.15, -0.1) is 0 Å². The van der Waals surface area contributed by atoms with Crippen molar-refractivity contribution in [3.05, 3.63) is 53.3 Å². The van der Waals surface area contributed by atoms with Crippen molar-refractivity contribution < 1.29 is 23.1 Å². The number of hydrogen-bond acceptors (Lipinski definition) is 3. The van der Waals surface area contributed by atoms with E-state index < -0.39 is 17.7 Å². The van der Waals surface area contributed by atoms with Gasteiger partial charge in [0.25, 0.3) is 0 Å². The van der Waals surface area contributed by atoms with Gasteiger partial charge in [-0.05, 0) is 30.7 Å². The fourth-order valence-corrected chi connectivity index (χ4v) is 2.54. The van der Waals surface area contributed by atoms with Crippen LogP contribution in [0, 0.1) is 0 Å². The molecule has 2 rings (SSSR count). The Hall–Kier alpha value is -2.35. The summed E-state index contributed by atoms with van der Waals surface area (Å²) in [6, 6.07) is 4.96. The fraction of sp³-hybridized carbons (Fsp3) is 0.412. The first-order valence-electron chi connectivity index (χ1n) is 7.89. The van der Waals surface area contributed by atoms with Gasteiger partial charge in [0.2, 0.25) is 0 Å². The molecule has 0 aliphatic carbocycles. The van der Waals surface area contributed by atoms with Crippen molar-refractivity contribution in [1.82, 2.24) is 14.7 Å². The van der Waals surface area contributed by atoms with Crippen molar-refractivity contribution in [3.63, 3.8) is 0 Å². The summed E-state index contributed by atoms with van der Waals surface area (Å²) in [5.41, 5.74) is 0.890. The lowest BCUT2D eigenvalue weighted by atomic mass is 10.1. The molecule has 0 spiro atoms. The second-order valence-electron chi connectivity index (χ2n) is 5.85. The number of hydrogen-bond donors (Lipinski definition) is 1. The number of carboxylic acid groups (broad SMARTS) is 1. The molecule has 136 valence electrons. The maximum absolute atomic E-state index is 12.6. The summed E-state index contributed by atoms with van der Waals surface area (Å²) >= 11 is 0. The Morgan fingerprint density at radius 2 is 1.92 bits per heavy atom. The number of aromatic nitrogens is 2. The van der Waals surface area contributed by atoms with Gasteiger partial charge < -0.3 is 5.11 Å². The minimum Gasteiger partial charge on any atom is -0.480 e. The lowest BCUT2D eigenvalue weighted by molar-refractivity contribution is -0.139. The Morgan fingerprint density at radius 3 is 2.48 bits per heavy atom. The van der Waals surface area contributed by atoms with Crippen molar-refractivity contribution in [2.24, 2.45) is 0 Å². The molecule has 0 radical (unpaired) electrons. The molecule has 0 aliphatic heterocycles. The molecule has 5 nitrogen and oxygen atoms in total. The molecular weight excluding hydrogens is 335 g/mol. The molecule has 8 heteroatoms. The van der Waals surface area contributed by atoms with Crippen LogP contribution in [0.15, 0.2) is 36.7 Å². The predicted octanol–water partition coefficient (Wildman–Crippen LogP) is 3.25. The minimum absolute atomic E-state index is 0.0437. The van der Waals surface area contributed by atoms with Crippen LogP contribution < -0.4 is 0 Å². The number of carbonyl (C=O) groups is 1. The van der Waals surface area contributed by atoms with E-state index in [1.54, 1.807) is 17.1 Å². The van der Waals surface area contributed by atoms with E-state index in [9.17, 15) is 18.0 Å². The van der Waals surface area contributed by atoms with Gasteiger partial charge in [-0.25, -0.2) is 0 Å². The summed E-state index contributed by atoms with van der Waals surface area (Å²) in [5.74, 6) is -0.884. The molecule has 0 saturated carbocycles. The smallest absolute Gasteiger partial charge is 0.416 e. The molecule has 1 N–H and O–H groups in total. The Labute approximate surface area is 143 Å². The maximum Gasteiger partial charge on any atom is 0.416 e. The Balaban J connectivity index is 1.99. The molecule has 1 aromatic carbocycles. The van der Waals surface area contributed by atoms with Crippen LogP contribution >= 0.6 is 0 Å². The second kappa shape index (κ2) is 8.15. The zero-order valence-electron chi connectivity index (χ0n) is 13.8. The van der Waals surface area contributed by atoms with Gasteiger partial charge in [-0.1, -0.05) is 19.1 Å². The average Bonchev–Trinajstić information content (AvgIpc) is 2.93. The van der Waals surface area contributed by atoms with Crippen molar-refractivity contribution in [2.75, 3.05) is 13.1 Å². The number of benzene rings is 1. The molecule has 0 bridgehead atoms. The first-order valence-corrected chi connectivity index (χ1v) is 7.89. The van der Waals surface area contributed by atoms with E-state index in [0.717, 1.165) is 24.1 Å². The summed E-state index contributed by atoms with van der Waals surface area (Å²) in [5, 5.41) is 13.1. The summed E-state index contributed by atoms with van der Waals surface area (Å²) in [6.07, 6.45) is -0.0754. The van der Waals surface area contributed by atoms with E-state index in [2.05, 4.69) is 5.10 Å². The minimum atomic E-state index is -4.34. The fourth-order valence-electron chi connectivity index (χ4n) is 2.54. The van der Waals surface area contributed by atoms with E-state index in [0.29, 0.717) is 25.2 Å². The molecule has 0 amide bonds. The topological polar surface area (TPSA) is 58.4 Å². The van der Waals surface area contributed by atoms with Crippen LogP contribution in [0.3, 0.4) is 0 Å². The van der Waals surface area contributed by atoms with E-state index >= 15 is 0 Å². The van der Waals surface area contributed by atoms with Crippen LogP contribution in [0.2, 0.25) is 0 Å². The molecule has 2 aromatic rings.